The lowest BCUT2D eigenvalue weighted by Crippen LogP contribution is -2.24. The maximum atomic E-state index is 11.9. The average Bonchev–Trinajstić information content (AvgIpc) is 2.57. The standard InChI is InChI=1S/C14H19NO2/c1-14(2,3)17-13(16)10-5-4-9-6-7-12(15)11(9)8-10/h4-5,8,12H,6-7,15H2,1-3H3. The second kappa shape index (κ2) is 4.15. The number of nitrogens with two attached hydrogens (primary N) is 1. The summed E-state index contributed by atoms with van der Waals surface area (Å²) in [5, 5.41) is 0. The molecule has 1 aromatic carbocycles. The third-order valence-electron chi connectivity index (χ3n) is 2.90. The Hall–Kier alpha value is -1.35. The largest absolute Gasteiger partial charge is 0.456 e. The number of ether oxygens (including phenoxy) is 1. The third-order valence-corrected chi connectivity index (χ3v) is 2.90. The van der Waals surface area contributed by atoms with Crippen LogP contribution in [0, 0.1) is 0 Å². The van der Waals surface area contributed by atoms with Gasteiger partial charge in [-0.05, 0) is 56.9 Å². The van der Waals surface area contributed by atoms with Crippen LogP contribution in [0.5, 0.6) is 0 Å². The smallest absolute Gasteiger partial charge is 0.338 e. The number of hydrogen-bond donors (Lipinski definition) is 1. The van der Waals surface area contributed by atoms with E-state index in [4.69, 9.17) is 10.5 Å². The molecule has 17 heavy (non-hydrogen) atoms. The zero-order chi connectivity index (χ0) is 12.6. The van der Waals surface area contributed by atoms with Gasteiger partial charge in [-0.15, -0.1) is 0 Å². The number of fused-ring (bicyclic) bond motifs is 1. The summed E-state index contributed by atoms with van der Waals surface area (Å²) >= 11 is 0. The predicted octanol–water partition coefficient (Wildman–Crippen LogP) is 2.59. The van der Waals surface area contributed by atoms with Gasteiger partial charge in [-0.1, -0.05) is 6.07 Å². The maximum Gasteiger partial charge on any atom is 0.338 e. The van der Waals surface area contributed by atoms with Crippen molar-refractivity contribution >= 4 is 5.97 Å². The Kier molecular flexibility index (Phi) is 2.96. The lowest BCUT2D eigenvalue weighted by molar-refractivity contribution is 0.00694. The van der Waals surface area contributed by atoms with E-state index in [0.717, 1.165) is 18.4 Å². The molecule has 2 rings (SSSR count). The molecule has 2 N–H and O–H groups in total. The second-order valence-corrected chi connectivity index (χ2v) is 5.56. The van der Waals surface area contributed by atoms with Gasteiger partial charge < -0.3 is 10.5 Å². The summed E-state index contributed by atoms with van der Waals surface area (Å²) in [6.45, 7) is 5.60. The van der Waals surface area contributed by atoms with Gasteiger partial charge in [0.05, 0.1) is 5.56 Å². The van der Waals surface area contributed by atoms with Gasteiger partial charge in [-0.2, -0.15) is 0 Å². The number of carbonyl (C=O) groups excluding carboxylic acids is 1. The summed E-state index contributed by atoms with van der Waals surface area (Å²) in [5.74, 6) is -0.278. The monoisotopic (exact) mass is 233 g/mol. The Morgan fingerprint density at radius 1 is 1.41 bits per heavy atom. The van der Waals surface area contributed by atoms with Crippen LogP contribution >= 0.6 is 0 Å². The van der Waals surface area contributed by atoms with E-state index in [0.29, 0.717) is 5.56 Å². The Morgan fingerprint density at radius 2 is 2.12 bits per heavy atom. The molecule has 0 amide bonds. The highest BCUT2D eigenvalue weighted by atomic mass is 16.6. The fourth-order valence-corrected chi connectivity index (χ4v) is 2.10. The molecule has 1 unspecified atom stereocenters. The highest BCUT2D eigenvalue weighted by Crippen LogP contribution is 2.30. The fraction of sp³-hybridized carbons (Fsp3) is 0.500. The quantitative estimate of drug-likeness (QED) is 0.758. The molecular weight excluding hydrogens is 214 g/mol. The minimum atomic E-state index is -0.460. The van der Waals surface area contributed by atoms with Gasteiger partial charge in [0.1, 0.15) is 5.60 Å². The molecule has 0 bridgehead atoms. The van der Waals surface area contributed by atoms with Crippen LogP contribution in [0.15, 0.2) is 18.2 Å². The van der Waals surface area contributed by atoms with Crippen LogP contribution in [0.25, 0.3) is 0 Å². The minimum Gasteiger partial charge on any atom is -0.456 e. The summed E-state index contributed by atoms with van der Waals surface area (Å²) < 4.78 is 5.34. The first-order valence-electron chi connectivity index (χ1n) is 5.98. The van der Waals surface area contributed by atoms with Crippen molar-refractivity contribution in [1.82, 2.24) is 0 Å². The molecule has 3 nitrogen and oxygen atoms in total. The molecule has 0 saturated heterocycles. The maximum absolute atomic E-state index is 11.9. The first-order valence-corrected chi connectivity index (χ1v) is 5.98. The van der Waals surface area contributed by atoms with Crippen LogP contribution in [0.4, 0.5) is 0 Å². The average molecular weight is 233 g/mol. The van der Waals surface area contributed by atoms with Crippen molar-refractivity contribution < 1.29 is 9.53 Å². The summed E-state index contributed by atoms with van der Waals surface area (Å²) in [6.07, 6.45) is 1.97. The molecule has 3 heteroatoms. The van der Waals surface area contributed by atoms with Gasteiger partial charge in [-0.25, -0.2) is 4.79 Å². The Morgan fingerprint density at radius 3 is 2.76 bits per heavy atom. The highest BCUT2D eigenvalue weighted by molar-refractivity contribution is 5.90. The van der Waals surface area contributed by atoms with E-state index in [2.05, 4.69) is 0 Å². The number of esters is 1. The molecule has 0 fully saturated rings. The van der Waals surface area contributed by atoms with Crippen LogP contribution in [0.2, 0.25) is 0 Å². The summed E-state index contributed by atoms with van der Waals surface area (Å²) in [4.78, 5) is 11.9. The zero-order valence-corrected chi connectivity index (χ0v) is 10.6. The number of aryl methyl sites for hydroxylation is 1. The topological polar surface area (TPSA) is 52.3 Å². The van der Waals surface area contributed by atoms with Gasteiger partial charge in [0, 0.05) is 6.04 Å². The predicted molar refractivity (Wildman–Crippen MR) is 66.9 cm³/mol. The van der Waals surface area contributed by atoms with Gasteiger partial charge >= 0.3 is 5.97 Å². The molecule has 1 aromatic rings. The van der Waals surface area contributed by atoms with Crippen LogP contribution in [0.1, 0.15) is 54.7 Å². The van der Waals surface area contributed by atoms with E-state index in [1.807, 2.05) is 39.0 Å². The van der Waals surface area contributed by atoms with Crippen molar-refractivity contribution in [2.45, 2.75) is 45.3 Å². The SMILES string of the molecule is CC(C)(C)OC(=O)c1ccc2c(c1)C(N)CC2. The number of benzene rings is 1. The van der Waals surface area contributed by atoms with Crippen molar-refractivity contribution in [3.05, 3.63) is 34.9 Å². The van der Waals surface area contributed by atoms with E-state index in [1.165, 1.54) is 5.56 Å². The third kappa shape index (κ3) is 2.67. The highest BCUT2D eigenvalue weighted by Gasteiger charge is 2.22. The molecule has 0 spiro atoms. The molecule has 92 valence electrons. The van der Waals surface area contributed by atoms with Crippen LogP contribution in [-0.4, -0.2) is 11.6 Å². The molecule has 1 atom stereocenters. The number of rotatable bonds is 1. The van der Waals surface area contributed by atoms with Gasteiger partial charge in [-0.3, -0.25) is 0 Å². The molecule has 1 aliphatic rings. The van der Waals surface area contributed by atoms with E-state index in [-0.39, 0.29) is 12.0 Å². The van der Waals surface area contributed by atoms with Crippen molar-refractivity contribution in [1.29, 1.82) is 0 Å². The normalized spacial score (nSPS) is 18.9. The van der Waals surface area contributed by atoms with Crippen molar-refractivity contribution in [2.24, 2.45) is 5.73 Å². The Labute approximate surface area is 102 Å². The van der Waals surface area contributed by atoms with Crippen molar-refractivity contribution in [2.75, 3.05) is 0 Å². The molecule has 0 radical (unpaired) electrons. The second-order valence-electron chi connectivity index (χ2n) is 5.56. The van der Waals surface area contributed by atoms with Crippen LogP contribution in [-0.2, 0) is 11.2 Å². The first kappa shape index (κ1) is 12.1. The van der Waals surface area contributed by atoms with E-state index in [1.54, 1.807) is 0 Å². The van der Waals surface area contributed by atoms with E-state index < -0.39 is 5.60 Å². The number of hydrogen-bond acceptors (Lipinski definition) is 3. The molecular formula is C14H19NO2. The minimum absolute atomic E-state index is 0.0624. The lowest BCUT2D eigenvalue weighted by Gasteiger charge is -2.19. The number of carbonyl (C=O) groups is 1. The van der Waals surface area contributed by atoms with E-state index in [9.17, 15) is 4.79 Å². The lowest BCUT2D eigenvalue weighted by atomic mass is 10.0. The summed E-state index contributed by atoms with van der Waals surface area (Å²) in [5.41, 5.74) is 8.47. The fourth-order valence-electron chi connectivity index (χ4n) is 2.10. The Bertz CT molecular complexity index is 446. The summed E-state index contributed by atoms with van der Waals surface area (Å²) in [6, 6.07) is 5.75. The van der Waals surface area contributed by atoms with Gasteiger partial charge in [0.15, 0.2) is 0 Å². The van der Waals surface area contributed by atoms with Gasteiger partial charge in [0.25, 0.3) is 0 Å². The molecule has 0 saturated carbocycles. The van der Waals surface area contributed by atoms with Gasteiger partial charge in [0.2, 0.25) is 0 Å². The molecule has 0 heterocycles. The zero-order valence-electron chi connectivity index (χ0n) is 10.6. The first-order chi connectivity index (χ1) is 7.87. The molecule has 0 aliphatic heterocycles. The molecule has 1 aliphatic carbocycles. The van der Waals surface area contributed by atoms with Crippen LogP contribution < -0.4 is 5.73 Å². The summed E-state index contributed by atoms with van der Waals surface area (Å²) in [7, 11) is 0. The molecule has 0 aromatic heterocycles. The van der Waals surface area contributed by atoms with E-state index >= 15 is 0 Å². The van der Waals surface area contributed by atoms with Crippen molar-refractivity contribution in [3.63, 3.8) is 0 Å². The van der Waals surface area contributed by atoms with Crippen LogP contribution in [0.3, 0.4) is 0 Å². The Balaban J connectivity index is 2.23. The van der Waals surface area contributed by atoms with Crippen molar-refractivity contribution in [3.8, 4) is 0 Å².